The highest BCUT2D eigenvalue weighted by molar-refractivity contribution is 9.11. The molecule has 1 aromatic rings. The number of amides is 1. The van der Waals surface area contributed by atoms with Crippen LogP contribution in [0.15, 0.2) is 15.9 Å². The molecule has 0 aromatic carbocycles. The van der Waals surface area contributed by atoms with Crippen LogP contribution in [0.1, 0.15) is 31.1 Å². The summed E-state index contributed by atoms with van der Waals surface area (Å²) in [6.45, 7) is 6.42. The van der Waals surface area contributed by atoms with Crippen molar-refractivity contribution in [1.82, 2.24) is 4.90 Å². The topological polar surface area (TPSA) is 46.3 Å². The predicted octanol–water partition coefficient (Wildman–Crippen LogP) is 3.23. The van der Waals surface area contributed by atoms with Crippen molar-refractivity contribution in [2.75, 3.05) is 19.6 Å². The molecule has 3 nitrogen and oxygen atoms in total. The molecular weight excluding hydrogens is 348 g/mol. The van der Waals surface area contributed by atoms with Crippen molar-refractivity contribution in [3.8, 4) is 0 Å². The van der Waals surface area contributed by atoms with E-state index in [4.69, 9.17) is 5.73 Å². The Kier molecular flexibility index (Phi) is 5.86. The maximum atomic E-state index is 12.4. The molecule has 1 aliphatic heterocycles. The number of carbonyl (C=O) groups is 1. The molecule has 1 saturated heterocycles. The maximum absolute atomic E-state index is 12.4. The van der Waals surface area contributed by atoms with E-state index < -0.39 is 0 Å². The quantitative estimate of drug-likeness (QED) is 0.891. The lowest BCUT2D eigenvalue weighted by molar-refractivity contribution is -0.131. The standard InChI is InChI=1S/C13H19BrN2OS.ClH/c1-9(10-3-4-11(14)18-10)12(17)16-6-5-13(2,7-15)8-16;/h3-4,9H,5-8,15H2,1-2H3;1H. The Hall–Kier alpha value is -0.100. The molecule has 2 heterocycles. The molecule has 6 heteroatoms. The van der Waals surface area contributed by atoms with Crippen LogP contribution in [0.3, 0.4) is 0 Å². The highest BCUT2D eigenvalue weighted by Crippen LogP contribution is 2.33. The van der Waals surface area contributed by atoms with E-state index in [9.17, 15) is 4.79 Å². The number of likely N-dealkylation sites (tertiary alicyclic amines) is 1. The van der Waals surface area contributed by atoms with Crippen molar-refractivity contribution in [3.05, 3.63) is 20.8 Å². The van der Waals surface area contributed by atoms with Crippen LogP contribution in [0.4, 0.5) is 0 Å². The van der Waals surface area contributed by atoms with Gasteiger partial charge in [-0.25, -0.2) is 0 Å². The summed E-state index contributed by atoms with van der Waals surface area (Å²) in [5.74, 6) is 0.169. The summed E-state index contributed by atoms with van der Waals surface area (Å²) >= 11 is 5.07. The third kappa shape index (κ3) is 3.72. The van der Waals surface area contributed by atoms with Crippen LogP contribution in [0, 0.1) is 5.41 Å². The highest BCUT2D eigenvalue weighted by Gasteiger charge is 2.36. The molecule has 2 atom stereocenters. The third-order valence-corrected chi connectivity index (χ3v) is 5.56. The predicted molar refractivity (Wildman–Crippen MR) is 86.0 cm³/mol. The van der Waals surface area contributed by atoms with Gasteiger partial charge in [0.1, 0.15) is 0 Å². The molecule has 1 fully saturated rings. The Morgan fingerprint density at radius 3 is 2.79 bits per heavy atom. The van der Waals surface area contributed by atoms with Crippen LogP contribution in [0.2, 0.25) is 0 Å². The Labute approximate surface area is 133 Å². The monoisotopic (exact) mass is 366 g/mol. The summed E-state index contributed by atoms with van der Waals surface area (Å²) in [5.41, 5.74) is 5.88. The van der Waals surface area contributed by atoms with Crippen molar-refractivity contribution >= 4 is 45.6 Å². The van der Waals surface area contributed by atoms with E-state index in [0.717, 1.165) is 28.2 Å². The van der Waals surface area contributed by atoms with Gasteiger partial charge >= 0.3 is 0 Å². The summed E-state index contributed by atoms with van der Waals surface area (Å²) in [6, 6.07) is 4.02. The second kappa shape index (κ2) is 6.57. The molecule has 1 aromatic heterocycles. The van der Waals surface area contributed by atoms with E-state index in [1.54, 1.807) is 11.3 Å². The molecule has 2 unspecified atom stereocenters. The van der Waals surface area contributed by atoms with Gasteiger partial charge in [0.15, 0.2) is 0 Å². The van der Waals surface area contributed by atoms with Gasteiger partial charge in [0.25, 0.3) is 0 Å². The van der Waals surface area contributed by atoms with Crippen molar-refractivity contribution < 1.29 is 4.79 Å². The van der Waals surface area contributed by atoms with Crippen LogP contribution in [0.25, 0.3) is 0 Å². The van der Waals surface area contributed by atoms with Gasteiger partial charge in [-0.3, -0.25) is 4.79 Å². The minimum Gasteiger partial charge on any atom is -0.342 e. The summed E-state index contributed by atoms with van der Waals surface area (Å²) in [4.78, 5) is 15.5. The fourth-order valence-electron chi connectivity index (χ4n) is 2.34. The molecule has 0 radical (unpaired) electrons. The fourth-order valence-corrected chi connectivity index (χ4v) is 3.80. The van der Waals surface area contributed by atoms with Crippen molar-refractivity contribution in [2.45, 2.75) is 26.2 Å². The molecular formula is C13H20BrClN2OS. The first-order valence-electron chi connectivity index (χ1n) is 6.19. The van der Waals surface area contributed by atoms with E-state index >= 15 is 0 Å². The molecule has 0 saturated carbocycles. The number of rotatable bonds is 3. The SMILES string of the molecule is CC(C(=O)N1CCC(C)(CN)C1)c1ccc(Br)s1.Cl. The lowest BCUT2D eigenvalue weighted by Crippen LogP contribution is -2.36. The highest BCUT2D eigenvalue weighted by atomic mass is 79.9. The first-order valence-corrected chi connectivity index (χ1v) is 7.80. The van der Waals surface area contributed by atoms with E-state index in [1.165, 1.54) is 0 Å². The zero-order valence-electron chi connectivity index (χ0n) is 11.2. The lowest BCUT2D eigenvalue weighted by Gasteiger charge is -2.24. The molecule has 2 rings (SSSR count). The first-order chi connectivity index (χ1) is 8.45. The normalized spacial score (nSPS) is 24.1. The van der Waals surface area contributed by atoms with Gasteiger partial charge in [-0.2, -0.15) is 0 Å². The van der Waals surface area contributed by atoms with Crippen molar-refractivity contribution in [2.24, 2.45) is 11.1 Å². The van der Waals surface area contributed by atoms with Gasteiger partial charge in [-0.15, -0.1) is 23.7 Å². The molecule has 2 N–H and O–H groups in total. The lowest BCUT2D eigenvalue weighted by atomic mass is 9.90. The molecule has 0 spiro atoms. The van der Waals surface area contributed by atoms with Gasteiger partial charge in [0.2, 0.25) is 5.91 Å². The molecule has 0 bridgehead atoms. The number of thiophene rings is 1. The average Bonchev–Trinajstić information content (AvgIpc) is 2.95. The van der Waals surface area contributed by atoms with Crippen LogP contribution in [-0.2, 0) is 4.79 Å². The zero-order valence-corrected chi connectivity index (χ0v) is 14.4. The third-order valence-electron chi connectivity index (χ3n) is 3.75. The Bertz CT molecular complexity index is 454. The Morgan fingerprint density at radius 2 is 2.32 bits per heavy atom. The van der Waals surface area contributed by atoms with E-state index in [0.29, 0.717) is 6.54 Å². The van der Waals surface area contributed by atoms with Crippen molar-refractivity contribution in [1.29, 1.82) is 0 Å². The summed E-state index contributed by atoms with van der Waals surface area (Å²) in [7, 11) is 0. The second-order valence-electron chi connectivity index (χ2n) is 5.39. The zero-order chi connectivity index (χ0) is 13.3. The number of nitrogens with two attached hydrogens (primary N) is 1. The first kappa shape index (κ1) is 17.0. The smallest absolute Gasteiger partial charge is 0.230 e. The van der Waals surface area contributed by atoms with Gasteiger partial charge in [-0.1, -0.05) is 6.92 Å². The van der Waals surface area contributed by atoms with Crippen LogP contribution in [0.5, 0.6) is 0 Å². The molecule has 1 amide bonds. The van der Waals surface area contributed by atoms with E-state index in [1.807, 2.05) is 24.0 Å². The number of halogens is 2. The van der Waals surface area contributed by atoms with E-state index in [-0.39, 0.29) is 29.6 Å². The molecule has 1 aliphatic rings. The molecule has 0 aliphatic carbocycles. The Balaban J connectivity index is 0.00000180. The van der Waals surface area contributed by atoms with Crippen LogP contribution in [-0.4, -0.2) is 30.4 Å². The maximum Gasteiger partial charge on any atom is 0.230 e. The van der Waals surface area contributed by atoms with Gasteiger partial charge in [-0.05, 0) is 53.4 Å². The number of hydrogen-bond acceptors (Lipinski definition) is 3. The van der Waals surface area contributed by atoms with Crippen LogP contribution < -0.4 is 5.73 Å². The Morgan fingerprint density at radius 1 is 1.63 bits per heavy atom. The molecule has 108 valence electrons. The number of carbonyl (C=O) groups excluding carboxylic acids is 1. The summed E-state index contributed by atoms with van der Waals surface area (Å²) < 4.78 is 1.07. The number of nitrogens with zero attached hydrogens (tertiary/aromatic N) is 1. The van der Waals surface area contributed by atoms with Gasteiger partial charge in [0, 0.05) is 18.0 Å². The molecule has 19 heavy (non-hydrogen) atoms. The summed E-state index contributed by atoms with van der Waals surface area (Å²) in [5, 5.41) is 0. The van der Waals surface area contributed by atoms with Crippen molar-refractivity contribution in [3.63, 3.8) is 0 Å². The largest absolute Gasteiger partial charge is 0.342 e. The van der Waals surface area contributed by atoms with Gasteiger partial charge in [0.05, 0.1) is 9.70 Å². The second-order valence-corrected chi connectivity index (χ2v) is 7.88. The van der Waals surface area contributed by atoms with E-state index in [2.05, 4.69) is 22.9 Å². The minimum atomic E-state index is -0.0542. The summed E-state index contributed by atoms with van der Waals surface area (Å²) in [6.07, 6.45) is 1.01. The fraction of sp³-hybridized carbons (Fsp3) is 0.615. The van der Waals surface area contributed by atoms with Gasteiger partial charge < -0.3 is 10.6 Å². The average molecular weight is 368 g/mol. The number of hydrogen-bond donors (Lipinski definition) is 1. The minimum absolute atomic E-state index is 0. The van der Waals surface area contributed by atoms with Crippen LogP contribution >= 0.6 is 39.7 Å².